The molecule has 1 heterocycles. The molecule has 1 saturated heterocycles. The van der Waals surface area contributed by atoms with E-state index >= 15 is 0 Å². The third-order valence-electron chi connectivity index (χ3n) is 2.65. The quantitative estimate of drug-likeness (QED) is 0.702. The molecule has 2 atom stereocenters. The van der Waals surface area contributed by atoms with E-state index in [1.807, 2.05) is 0 Å². The Labute approximate surface area is 91.0 Å². The molecule has 1 aliphatic rings. The average molecular weight is 222 g/mol. The van der Waals surface area contributed by atoms with E-state index in [9.17, 15) is 5.11 Å². The highest BCUT2D eigenvalue weighted by Crippen LogP contribution is 2.16. The van der Waals surface area contributed by atoms with Gasteiger partial charge in [-0.3, -0.25) is 0 Å². The summed E-state index contributed by atoms with van der Waals surface area (Å²) in [6, 6.07) is 0. The van der Waals surface area contributed by atoms with E-state index in [0.717, 1.165) is 19.7 Å². The zero-order valence-electron chi connectivity index (χ0n) is 8.79. The monoisotopic (exact) mass is 221 g/mol. The normalized spacial score (nSPS) is 26.4. The van der Waals surface area contributed by atoms with Crippen LogP contribution >= 0.6 is 11.6 Å². The molecule has 4 heteroatoms. The Hall–Kier alpha value is 0.170. The number of likely N-dealkylation sites (tertiary alicyclic amines) is 1. The van der Waals surface area contributed by atoms with Gasteiger partial charge in [0.1, 0.15) is 0 Å². The van der Waals surface area contributed by atoms with Crippen molar-refractivity contribution in [1.29, 1.82) is 0 Å². The minimum Gasteiger partial charge on any atom is -0.391 e. The van der Waals surface area contributed by atoms with Gasteiger partial charge in [-0.15, -0.1) is 11.6 Å². The Bertz CT molecular complexity index is 155. The summed E-state index contributed by atoms with van der Waals surface area (Å²) in [6.45, 7) is 3.63. The molecule has 14 heavy (non-hydrogen) atoms. The van der Waals surface area contributed by atoms with Gasteiger partial charge in [0, 0.05) is 26.1 Å². The fraction of sp³-hybridized carbons (Fsp3) is 1.00. The van der Waals surface area contributed by atoms with Gasteiger partial charge in [-0.1, -0.05) is 0 Å². The molecule has 0 saturated carbocycles. The van der Waals surface area contributed by atoms with Crippen molar-refractivity contribution >= 4 is 11.6 Å². The van der Waals surface area contributed by atoms with Crippen LogP contribution in [0.5, 0.6) is 0 Å². The van der Waals surface area contributed by atoms with Gasteiger partial charge in [0.05, 0.1) is 12.7 Å². The number of β-amino-alcohol motifs (C(OH)–C–C–N with tert-alkyl or cyclic N) is 1. The highest BCUT2D eigenvalue weighted by Gasteiger charge is 2.21. The van der Waals surface area contributed by atoms with Gasteiger partial charge in [-0.2, -0.15) is 0 Å². The predicted octanol–water partition coefficient (Wildman–Crippen LogP) is 0.945. The second-order valence-corrected chi connectivity index (χ2v) is 4.34. The summed E-state index contributed by atoms with van der Waals surface area (Å²) in [5.74, 6) is 0.946. The zero-order chi connectivity index (χ0) is 10.4. The van der Waals surface area contributed by atoms with E-state index in [1.54, 1.807) is 7.11 Å². The number of halogens is 1. The van der Waals surface area contributed by atoms with Crippen LogP contribution in [0.2, 0.25) is 0 Å². The molecule has 0 aromatic rings. The van der Waals surface area contributed by atoms with Gasteiger partial charge in [0.15, 0.2) is 0 Å². The molecule has 0 bridgehead atoms. The minimum atomic E-state index is -0.391. The highest BCUT2D eigenvalue weighted by atomic mass is 35.5. The lowest BCUT2D eigenvalue weighted by molar-refractivity contribution is 0.0629. The number of rotatable bonds is 5. The van der Waals surface area contributed by atoms with Crippen molar-refractivity contribution in [1.82, 2.24) is 4.90 Å². The van der Waals surface area contributed by atoms with E-state index in [2.05, 4.69) is 4.90 Å². The lowest BCUT2D eigenvalue weighted by Crippen LogP contribution is -2.41. The van der Waals surface area contributed by atoms with Gasteiger partial charge in [0.25, 0.3) is 0 Å². The number of methoxy groups -OCH3 is 1. The van der Waals surface area contributed by atoms with E-state index in [4.69, 9.17) is 16.3 Å². The van der Waals surface area contributed by atoms with Crippen molar-refractivity contribution in [3.05, 3.63) is 0 Å². The molecule has 1 aliphatic heterocycles. The smallest absolute Gasteiger partial charge is 0.0802 e. The Kier molecular flexibility index (Phi) is 5.78. The summed E-state index contributed by atoms with van der Waals surface area (Å²) in [5, 5.41) is 9.42. The van der Waals surface area contributed by atoms with Crippen LogP contribution in [0.25, 0.3) is 0 Å². The molecule has 1 rings (SSSR count). The van der Waals surface area contributed by atoms with Crippen LogP contribution in [0, 0.1) is 5.92 Å². The van der Waals surface area contributed by atoms with Gasteiger partial charge in [-0.25, -0.2) is 0 Å². The van der Waals surface area contributed by atoms with Crippen LogP contribution < -0.4 is 0 Å². The van der Waals surface area contributed by atoms with Crippen molar-refractivity contribution in [2.45, 2.75) is 18.9 Å². The Balaban J connectivity index is 2.25. The van der Waals surface area contributed by atoms with Crippen LogP contribution in [0.4, 0.5) is 0 Å². The van der Waals surface area contributed by atoms with Gasteiger partial charge >= 0.3 is 0 Å². The molecule has 0 aromatic carbocycles. The number of alkyl halides is 1. The average Bonchev–Trinajstić information content (AvgIpc) is 2.19. The molecule has 1 fully saturated rings. The molecular formula is C10H20ClNO2. The first-order valence-electron chi connectivity index (χ1n) is 5.21. The topological polar surface area (TPSA) is 32.7 Å². The maximum atomic E-state index is 9.42. The van der Waals surface area contributed by atoms with Gasteiger partial charge < -0.3 is 14.7 Å². The molecule has 2 unspecified atom stereocenters. The molecule has 0 spiro atoms. The van der Waals surface area contributed by atoms with E-state index in [0.29, 0.717) is 18.3 Å². The standard InChI is InChI=1S/C10H20ClNO2/c1-14-8-9-3-2-4-12(6-9)7-10(13)5-11/h9-10,13H,2-8H2,1H3. The predicted molar refractivity (Wildman–Crippen MR) is 57.8 cm³/mol. The summed E-state index contributed by atoms with van der Waals surface area (Å²) in [4.78, 5) is 2.28. The van der Waals surface area contributed by atoms with Crippen LogP contribution in [0.3, 0.4) is 0 Å². The number of hydrogen-bond donors (Lipinski definition) is 1. The molecule has 3 nitrogen and oxygen atoms in total. The minimum absolute atomic E-state index is 0.325. The fourth-order valence-electron chi connectivity index (χ4n) is 2.04. The lowest BCUT2D eigenvalue weighted by atomic mass is 9.99. The molecular weight excluding hydrogens is 202 g/mol. The maximum absolute atomic E-state index is 9.42. The zero-order valence-corrected chi connectivity index (χ0v) is 9.54. The molecule has 0 radical (unpaired) electrons. The Morgan fingerprint density at radius 2 is 2.43 bits per heavy atom. The Morgan fingerprint density at radius 3 is 3.07 bits per heavy atom. The van der Waals surface area contributed by atoms with Crippen molar-refractivity contribution < 1.29 is 9.84 Å². The van der Waals surface area contributed by atoms with Crippen LogP contribution in [0.1, 0.15) is 12.8 Å². The molecule has 0 aliphatic carbocycles. The molecule has 84 valence electrons. The van der Waals surface area contributed by atoms with Crippen LogP contribution in [-0.2, 0) is 4.74 Å². The van der Waals surface area contributed by atoms with E-state index < -0.39 is 6.10 Å². The third kappa shape index (κ3) is 4.13. The summed E-state index contributed by atoms with van der Waals surface area (Å²) in [7, 11) is 1.74. The number of nitrogens with zero attached hydrogens (tertiary/aromatic N) is 1. The second-order valence-electron chi connectivity index (χ2n) is 4.03. The number of aliphatic hydroxyl groups is 1. The van der Waals surface area contributed by atoms with E-state index in [-0.39, 0.29) is 0 Å². The summed E-state index contributed by atoms with van der Waals surface area (Å²) in [5.41, 5.74) is 0. The molecule has 0 aromatic heterocycles. The SMILES string of the molecule is COCC1CCCN(CC(O)CCl)C1. The van der Waals surface area contributed by atoms with Gasteiger partial charge in [0.2, 0.25) is 0 Å². The number of ether oxygens (including phenoxy) is 1. The van der Waals surface area contributed by atoms with Crippen molar-refractivity contribution in [2.24, 2.45) is 5.92 Å². The number of aliphatic hydroxyl groups excluding tert-OH is 1. The first-order valence-corrected chi connectivity index (χ1v) is 5.75. The summed E-state index contributed by atoms with van der Waals surface area (Å²) >= 11 is 5.57. The number of piperidine rings is 1. The maximum Gasteiger partial charge on any atom is 0.0802 e. The largest absolute Gasteiger partial charge is 0.391 e. The second kappa shape index (κ2) is 6.62. The number of hydrogen-bond acceptors (Lipinski definition) is 3. The van der Waals surface area contributed by atoms with Crippen molar-refractivity contribution in [3.8, 4) is 0 Å². The lowest BCUT2D eigenvalue weighted by Gasteiger charge is -2.33. The third-order valence-corrected chi connectivity index (χ3v) is 3.01. The van der Waals surface area contributed by atoms with Crippen LogP contribution in [-0.4, -0.2) is 55.3 Å². The molecule has 1 N–H and O–H groups in total. The summed E-state index contributed by atoms with van der Waals surface area (Å²) < 4.78 is 5.15. The van der Waals surface area contributed by atoms with Gasteiger partial charge in [-0.05, 0) is 25.3 Å². The van der Waals surface area contributed by atoms with Crippen LogP contribution in [0.15, 0.2) is 0 Å². The first-order chi connectivity index (χ1) is 6.76. The fourth-order valence-corrected chi connectivity index (χ4v) is 2.13. The Morgan fingerprint density at radius 1 is 1.64 bits per heavy atom. The summed E-state index contributed by atoms with van der Waals surface area (Å²) in [6.07, 6.45) is 2.04. The first kappa shape index (κ1) is 12.2. The highest BCUT2D eigenvalue weighted by molar-refractivity contribution is 6.18. The van der Waals surface area contributed by atoms with E-state index in [1.165, 1.54) is 12.8 Å². The van der Waals surface area contributed by atoms with Crippen molar-refractivity contribution in [3.63, 3.8) is 0 Å². The molecule has 0 amide bonds. The van der Waals surface area contributed by atoms with Crippen molar-refractivity contribution in [2.75, 3.05) is 39.2 Å².